The van der Waals surface area contributed by atoms with Gasteiger partial charge in [-0.15, -0.1) is 35.7 Å². The summed E-state index contributed by atoms with van der Waals surface area (Å²) < 4.78 is 10.4. The maximum atomic E-state index is 9.35. The second kappa shape index (κ2) is 13.9. The van der Waals surface area contributed by atoms with Crippen molar-refractivity contribution >= 4 is 21.8 Å². The van der Waals surface area contributed by atoms with Crippen molar-refractivity contribution < 1.29 is 25.8 Å². The van der Waals surface area contributed by atoms with Gasteiger partial charge in [-0.05, 0) is 47.3 Å². The first kappa shape index (κ1) is 31.5. The van der Waals surface area contributed by atoms with Gasteiger partial charge in [-0.1, -0.05) is 54.0 Å². The number of para-hydroxylation sites is 1. The van der Waals surface area contributed by atoms with E-state index in [-0.39, 0.29) is 21.1 Å². The van der Waals surface area contributed by atoms with E-state index in [1.165, 1.54) is 0 Å². The van der Waals surface area contributed by atoms with Crippen LogP contribution in [0.5, 0.6) is 11.5 Å². The fourth-order valence-corrected chi connectivity index (χ4v) is 5.93. The molecule has 47 heavy (non-hydrogen) atoms. The number of pyridine rings is 1. The van der Waals surface area contributed by atoms with Gasteiger partial charge in [-0.25, -0.2) is 11.6 Å². The fourth-order valence-electron chi connectivity index (χ4n) is 5.93. The Labute approximate surface area is 287 Å². The van der Waals surface area contributed by atoms with Crippen molar-refractivity contribution in [1.82, 2.24) is 19.3 Å². The summed E-state index contributed by atoms with van der Waals surface area (Å²) in [6, 6.07) is 41.2. The molecule has 0 unspecified atom stereocenters. The van der Waals surface area contributed by atoms with E-state index in [4.69, 9.17) is 16.4 Å². The molecule has 0 amide bonds. The molecule has 0 aliphatic carbocycles. The van der Waals surface area contributed by atoms with Gasteiger partial charge in [-0.2, -0.15) is 22.5 Å². The molecule has 0 N–H and O–H groups in total. The van der Waals surface area contributed by atoms with Crippen LogP contribution in [-0.2, 0) is 33.9 Å². The number of nitrogens with zero attached hydrogens (tertiary/aromatic N) is 6. The van der Waals surface area contributed by atoms with Crippen molar-refractivity contribution in [2.75, 3.05) is 6.54 Å². The number of rotatable bonds is 9. The molecule has 0 aliphatic heterocycles. The van der Waals surface area contributed by atoms with Gasteiger partial charge in [0.2, 0.25) is 6.54 Å². The van der Waals surface area contributed by atoms with Crippen molar-refractivity contribution in [2.45, 2.75) is 26.2 Å². The van der Waals surface area contributed by atoms with Gasteiger partial charge >= 0.3 is 21.1 Å². The minimum atomic E-state index is 0. The van der Waals surface area contributed by atoms with E-state index < -0.39 is 0 Å². The maximum absolute atomic E-state index is 9.35. The molecular formula is C39H28N6OPt. The number of benzene rings is 4. The average Bonchev–Trinajstić information content (AvgIpc) is 3.62. The molecule has 4 aromatic carbocycles. The molecule has 7 rings (SSSR count). The number of aromatic nitrogens is 4. The predicted molar refractivity (Wildman–Crippen MR) is 179 cm³/mol. The molecule has 0 saturated carbocycles. The van der Waals surface area contributed by atoms with E-state index in [1.807, 2.05) is 83.7 Å². The quantitative estimate of drug-likeness (QED) is 0.137. The zero-order chi connectivity index (χ0) is 31.5. The summed E-state index contributed by atoms with van der Waals surface area (Å²) in [5.74, 6) is 1.88. The fraction of sp³-hybridized carbons (Fsp3) is 0.128. The van der Waals surface area contributed by atoms with Gasteiger partial charge in [0.25, 0.3) is 0 Å². The summed E-state index contributed by atoms with van der Waals surface area (Å²) in [7, 11) is 0. The number of hydrogen-bond donors (Lipinski definition) is 0. The first-order valence-electron chi connectivity index (χ1n) is 15.1. The molecule has 0 fully saturated rings. The molecule has 3 heterocycles. The number of aryl methyl sites for hydroxylation is 2. The Hall–Kier alpha value is -5.49. The first-order valence-corrected chi connectivity index (χ1v) is 15.1. The molecule has 8 heteroatoms. The van der Waals surface area contributed by atoms with Crippen LogP contribution in [0.2, 0.25) is 0 Å². The second-order valence-electron chi connectivity index (χ2n) is 11.0. The normalized spacial score (nSPS) is 10.8. The average molecular weight is 792 g/mol. The molecule has 0 aliphatic rings. The minimum Gasteiger partial charge on any atom is -0.509 e. The Bertz CT molecular complexity index is 2290. The smallest absolute Gasteiger partial charge is 0.509 e. The number of fused-ring (bicyclic) bond motifs is 3. The number of nitriles is 1. The summed E-state index contributed by atoms with van der Waals surface area (Å²) in [5, 5.41) is 16.5. The third-order valence-corrected chi connectivity index (χ3v) is 7.94. The molecule has 0 spiro atoms. The zero-order valence-electron chi connectivity index (χ0n) is 25.6. The van der Waals surface area contributed by atoms with Gasteiger partial charge in [0.1, 0.15) is 5.82 Å². The molecule has 0 saturated heterocycles. The number of hydrogen-bond acceptors (Lipinski definition) is 4. The minimum absolute atomic E-state index is 0. The topological polar surface area (TPSA) is 73.0 Å². The third kappa shape index (κ3) is 6.19. The van der Waals surface area contributed by atoms with E-state index in [1.54, 1.807) is 0 Å². The molecule has 7 aromatic rings. The molecule has 0 atom stereocenters. The van der Waals surface area contributed by atoms with E-state index >= 15 is 0 Å². The maximum Gasteiger partial charge on any atom is 2.00 e. The Kier molecular flexibility index (Phi) is 9.30. The van der Waals surface area contributed by atoms with Crippen molar-refractivity contribution in [3.63, 3.8) is 0 Å². The van der Waals surface area contributed by atoms with Crippen LogP contribution < -0.4 is 4.74 Å². The van der Waals surface area contributed by atoms with E-state index in [0.29, 0.717) is 43.0 Å². The van der Waals surface area contributed by atoms with Crippen molar-refractivity contribution in [3.8, 4) is 40.2 Å². The molecule has 0 radical (unpaired) electrons. The summed E-state index contributed by atoms with van der Waals surface area (Å²) in [6.07, 6.45) is 3.18. The van der Waals surface area contributed by atoms with Crippen LogP contribution in [-0.4, -0.2) is 25.9 Å². The van der Waals surface area contributed by atoms with Crippen LogP contribution in [0.3, 0.4) is 0 Å². The van der Waals surface area contributed by atoms with Crippen LogP contribution in [0.4, 0.5) is 0 Å². The second-order valence-corrected chi connectivity index (χ2v) is 11.0. The molecule has 3 aromatic heterocycles. The van der Waals surface area contributed by atoms with Crippen LogP contribution in [0.1, 0.15) is 23.4 Å². The van der Waals surface area contributed by atoms with Gasteiger partial charge in [0.15, 0.2) is 0 Å². The van der Waals surface area contributed by atoms with E-state index in [0.717, 1.165) is 55.7 Å². The van der Waals surface area contributed by atoms with Gasteiger partial charge in [-0.3, -0.25) is 4.68 Å². The van der Waals surface area contributed by atoms with Crippen LogP contribution in [0, 0.1) is 37.0 Å². The van der Waals surface area contributed by atoms with Crippen molar-refractivity contribution in [3.05, 3.63) is 144 Å². The largest absolute Gasteiger partial charge is 2.00 e. The Morgan fingerprint density at radius 1 is 0.894 bits per heavy atom. The summed E-state index contributed by atoms with van der Waals surface area (Å²) >= 11 is 0. The molecular weight excluding hydrogens is 764 g/mol. The SMILES string of the molecule is [C-]#[N+]CCc1c(-c2ccccc2)c(CCC#N)nn1-c1[c-]c(Oc2[c-]c3c(cc2)c2ccccc2n3-c2cc(C)ccn2)ccc1.[Pt+2]. The monoisotopic (exact) mass is 791 g/mol. The summed E-state index contributed by atoms with van der Waals surface area (Å²) in [4.78, 5) is 8.30. The van der Waals surface area contributed by atoms with Crippen LogP contribution in [0.25, 0.3) is 49.3 Å². The van der Waals surface area contributed by atoms with Gasteiger partial charge in [0.05, 0.1) is 23.9 Å². The molecule has 7 nitrogen and oxygen atoms in total. The van der Waals surface area contributed by atoms with Crippen molar-refractivity contribution in [2.24, 2.45) is 0 Å². The predicted octanol–water partition coefficient (Wildman–Crippen LogP) is 8.65. The number of ether oxygens (including phenoxy) is 1. The Morgan fingerprint density at radius 3 is 2.51 bits per heavy atom. The Morgan fingerprint density at radius 2 is 1.70 bits per heavy atom. The van der Waals surface area contributed by atoms with Crippen molar-refractivity contribution in [1.29, 1.82) is 5.26 Å². The van der Waals surface area contributed by atoms with Gasteiger partial charge < -0.3 is 14.1 Å². The summed E-state index contributed by atoms with van der Waals surface area (Å²) in [5.41, 5.74) is 7.44. The van der Waals surface area contributed by atoms with Crippen LogP contribution in [0.15, 0.2) is 103 Å². The van der Waals surface area contributed by atoms with E-state index in [2.05, 4.69) is 63.8 Å². The third-order valence-electron chi connectivity index (χ3n) is 7.94. The van der Waals surface area contributed by atoms with Gasteiger partial charge in [0, 0.05) is 41.6 Å². The Balaban J connectivity index is 0.00000386. The summed E-state index contributed by atoms with van der Waals surface area (Å²) in [6.45, 7) is 9.84. The van der Waals surface area contributed by atoms with Crippen LogP contribution >= 0.6 is 0 Å². The molecule has 0 bridgehead atoms. The molecule has 230 valence electrons. The first-order chi connectivity index (χ1) is 22.6. The van der Waals surface area contributed by atoms with E-state index in [9.17, 15) is 5.26 Å². The standard InChI is InChI=1S/C39H28N6O.Pt/c1-27-19-23-42-38(24-27)44-35-16-7-6-14-32(35)33-18-17-31(26-37(33)44)46-30-13-8-12-29(25-30)45-36(20-22-41-2)39(28-10-4-3-5-11-28)34(43-45)15-9-21-40;/h3-8,10-14,16-19,23-24H,9,15,20,22H2,1H3;/q-2;+2. The zero-order valence-corrected chi connectivity index (χ0v) is 27.8.